The molecule has 0 heterocycles. The Morgan fingerprint density at radius 1 is 0.880 bits per heavy atom. The molecule has 0 aliphatic heterocycles. The molecule has 1 amide bonds. The van der Waals surface area contributed by atoms with Crippen molar-refractivity contribution in [1.29, 1.82) is 0 Å². The van der Waals surface area contributed by atoms with Gasteiger partial charge in [-0.15, -0.1) is 0 Å². The maximum atomic E-state index is 12.8. The summed E-state index contributed by atoms with van der Waals surface area (Å²) in [5, 5.41) is 15.9. The summed E-state index contributed by atoms with van der Waals surface area (Å²) in [5.41, 5.74) is 4.56. The third-order valence-corrected chi connectivity index (χ3v) is 3.98. The first kappa shape index (κ1) is 16.6. The van der Waals surface area contributed by atoms with E-state index in [1.165, 1.54) is 0 Å². The average molecular weight is 332 g/mol. The molecule has 3 aromatic rings. The molecule has 0 radical (unpaired) electrons. The van der Waals surface area contributed by atoms with Gasteiger partial charge in [0.2, 0.25) is 0 Å². The average Bonchev–Trinajstić information content (AvgIpc) is 2.59. The molecule has 25 heavy (non-hydrogen) atoms. The predicted molar refractivity (Wildman–Crippen MR) is 102 cm³/mol. The molecule has 0 spiro atoms. The number of hydrogen-bond acceptors (Lipinski definition) is 3. The van der Waals surface area contributed by atoms with E-state index in [2.05, 4.69) is 10.6 Å². The first-order valence-electron chi connectivity index (χ1n) is 8.07. The zero-order chi connectivity index (χ0) is 17.8. The molecule has 0 saturated heterocycles. The van der Waals surface area contributed by atoms with Crippen molar-refractivity contribution >= 4 is 23.0 Å². The molecular formula is C21H20N2O2. The molecule has 0 bridgehead atoms. The molecule has 4 heteroatoms. The van der Waals surface area contributed by atoms with Gasteiger partial charge in [0, 0.05) is 11.4 Å². The van der Waals surface area contributed by atoms with E-state index < -0.39 is 0 Å². The lowest BCUT2D eigenvalue weighted by Gasteiger charge is -2.15. The van der Waals surface area contributed by atoms with Crippen LogP contribution in [0.3, 0.4) is 0 Å². The third-order valence-electron chi connectivity index (χ3n) is 3.98. The Hall–Kier alpha value is -3.27. The molecule has 4 nitrogen and oxygen atoms in total. The summed E-state index contributed by atoms with van der Waals surface area (Å²) in [5.74, 6) is -0.00457. The summed E-state index contributed by atoms with van der Waals surface area (Å²) in [6.07, 6.45) is 0. The molecule has 3 rings (SSSR count). The number of aromatic hydroxyl groups is 1. The Kier molecular flexibility index (Phi) is 4.70. The van der Waals surface area contributed by atoms with E-state index in [1.807, 2.05) is 62.4 Å². The number of amides is 1. The van der Waals surface area contributed by atoms with Gasteiger partial charge in [0.25, 0.3) is 5.91 Å². The summed E-state index contributed by atoms with van der Waals surface area (Å²) >= 11 is 0. The van der Waals surface area contributed by atoms with Crippen LogP contribution in [0, 0.1) is 13.8 Å². The van der Waals surface area contributed by atoms with E-state index >= 15 is 0 Å². The number of carbonyl (C=O) groups is 1. The molecule has 0 atom stereocenters. The van der Waals surface area contributed by atoms with Gasteiger partial charge in [0.15, 0.2) is 0 Å². The van der Waals surface area contributed by atoms with Crippen molar-refractivity contribution < 1.29 is 9.90 Å². The van der Waals surface area contributed by atoms with E-state index in [9.17, 15) is 9.90 Å². The number of anilines is 3. The van der Waals surface area contributed by atoms with Gasteiger partial charge >= 0.3 is 0 Å². The lowest BCUT2D eigenvalue weighted by Crippen LogP contribution is -2.15. The molecule has 0 aliphatic carbocycles. The molecule has 0 saturated carbocycles. The van der Waals surface area contributed by atoms with E-state index in [-0.39, 0.29) is 11.7 Å². The summed E-state index contributed by atoms with van der Waals surface area (Å²) in [7, 11) is 0. The summed E-state index contributed by atoms with van der Waals surface area (Å²) in [6.45, 7) is 3.72. The zero-order valence-corrected chi connectivity index (χ0v) is 14.2. The fourth-order valence-electron chi connectivity index (χ4n) is 2.79. The molecule has 126 valence electrons. The van der Waals surface area contributed by atoms with Crippen molar-refractivity contribution in [2.24, 2.45) is 0 Å². The topological polar surface area (TPSA) is 61.4 Å². The van der Waals surface area contributed by atoms with Gasteiger partial charge in [0.05, 0.1) is 11.3 Å². The zero-order valence-electron chi connectivity index (χ0n) is 14.2. The van der Waals surface area contributed by atoms with Crippen LogP contribution < -0.4 is 10.6 Å². The summed E-state index contributed by atoms with van der Waals surface area (Å²) < 4.78 is 0. The second-order valence-electron chi connectivity index (χ2n) is 5.95. The van der Waals surface area contributed by atoms with E-state index in [0.717, 1.165) is 28.2 Å². The number of phenolic OH excluding ortho intramolecular Hbond substituents is 1. The molecule has 0 aliphatic rings. The number of hydrogen-bond donors (Lipinski definition) is 3. The Balaban J connectivity index is 1.88. The van der Waals surface area contributed by atoms with Crippen molar-refractivity contribution in [3.05, 3.63) is 83.4 Å². The Morgan fingerprint density at radius 3 is 2.16 bits per heavy atom. The third kappa shape index (κ3) is 3.80. The normalized spacial score (nSPS) is 10.3. The first-order valence-corrected chi connectivity index (χ1v) is 8.07. The smallest absolute Gasteiger partial charge is 0.257 e. The highest BCUT2D eigenvalue weighted by Gasteiger charge is 2.14. The van der Waals surface area contributed by atoms with Crippen molar-refractivity contribution in [2.75, 3.05) is 10.6 Å². The Bertz CT molecular complexity index is 882. The maximum Gasteiger partial charge on any atom is 0.257 e. The Morgan fingerprint density at radius 2 is 1.48 bits per heavy atom. The number of phenols is 1. The number of aryl methyl sites for hydroxylation is 2. The quantitative estimate of drug-likeness (QED) is 0.589. The Labute approximate surface area is 147 Å². The summed E-state index contributed by atoms with van der Waals surface area (Å²) in [4.78, 5) is 12.8. The highest BCUT2D eigenvalue weighted by atomic mass is 16.3. The van der Waals surface area contributed by atoms with Crippen LogP contribution in [0.25, 0.3) is 0 Å². The maximum absolute atomic E-state index is 12.8. The number of carbonyl (C=O) groups excluding carboxylic acids is 1. The van der Waals surface area contributed by atoms with Crippen LogP contribution in [0.5, 0.6) is 5.75 Å². The highest BCUT2D eigenvalue weighted by molar-refractivity contribution is 6.09. The second kappa shape index (κ2) is 7.09. The largest absolute Gasteiger partial charge is 0.508 e. The van der Waals surface area contributed by atoms with Crippen LogP contribution in [0.2, 0.25) is 0 Å². The van der Waals surface area contributed by atoms with Crippen LogP contribution in [0.4, 0.5) is 17.1 Å². The van der Waals surface area contributed by atoms with Gasteiger partial charge in [-0.3, -0.25) is 4.79 Å². The van der Waals surface area contributed by atoms with Gasteiger partial charge in [-0.2, -0.15) is 0 Å². The van der Waals surface area contributed by atoms with Gasteiger partial charge in [0.1, 0.15) is 5.75 Å². The van der Waals surface area contributed by atoms with E-state index in [0.29, 0.717) is 5.56 Å². The van der Waals surface area contributed by atoms with Crippen molar-refractivity contribution in [3.63, 3.8) is 0 Å². The number of para-hydroxylation sites is 2. The number of nitrogens with one attached hydrogen (secondary N) is 2. The molecule has 3 aromatic carbocycles. The van der Waals surface area contributed by atoms with Crippen LogP contribution in [-0.4, -0.2) is 11.0 Å². The molecule has 0 unspecified atom stereocenters. The van der Waals surface area contributed by atoms with E-state index in [1.54, 1.807) is 18.2 Å². The van der Waals surface area contributed by atoms with Crippen molar-refractivity contribution in [3.8, 4) is 5.75 Å². The van der Waals surface area contributed by atoms with Crippen LogP contribution >= 0.6 is 0 Å². The lowest BCUT2D eigenvalue weighted by molar-refractivity contribution is 0.102. The predicted octanol–water partition coefficient (Wildman–Crippen LogP) is 5.00. The minimum atomic E-state index is -0.198. The first-order chi connectivity index (χ1) is 12.0. The van der Waals surface area contributed by atoms with E-state index in [4.69, 9.17) is 0 Å². The highest BCUT2D eigenvalue weighted by Crippen LogP contribution is 2.27. The monoisotopic (exact) mass is 332 g/mol. The van der Waals surface area contributed by atoms with Gasteiger partial charge in [-0.05, 0) is 61.4 Å². The van der Waals surface area contributed by atoms with Crippen molar-refractivity contribution in [1.82, 2.24) is 0 Å². The van der Waals surface area contributed by atoms with Gasteiger partial charge in [-0.1, -0.05) is 30.3 Å². The minimum Gasteiger partial charge on any atom is -0.508 e. The molecular weight excluding hydrogens is 312 g/mol. The van der Waals surface area contributed by atoms with Crippen LogP contribution in [-0.2, 0) is 0 Å². The SMILES string of the molecule is Cc1cc(O)cc(C)c1NC(=O)c1ccccc1Nc1ccccc1. The van der Waals surface area contributed by atoms with Gasteiger partial charge in [-0.25, -0.2) is 0 Å². The minimum absolute atomic E-state index is 0.194. The summed E-state index contributed by atoms with van der Waals surface area (Å²) in [6, 6.07) is 20.4. The second-order valence-corrected chi connectivity index (χ2v) is 5.95. The van der Waals surface area contributed by atoms with Crippen LogP contribution in [0.15, 0.2) is 66.7 Å². The standard InChI is InChI=1S/C21H20N2O2/c1-14-12-17(24)13-15(2)20(14)23-21(25)18-10-6-7-11-19(18)22-16-8-4-3-5-9-16/h3-13,22,24H,1-2H3,(H,23,25). The fourth-order valence-corrected chi connectivity index (χ4v) is 2.79. The van der Waals surface area contributed by atoms with Crippen LogP contribution in [0.1, 0.15) is 21.5 Å². The number of benzene rings is 3. The number of rotatable bonds is 4. The van der Waals surface area contributed by atoms with Gasteiger partial charge < -0.3 is 15.7 Å². The van der Waals surface area contributed by atoms with Crippen molar-refractivity contribution in [2.45, 2.75) is 13.8 Å². The lowest BCUT2D eigenvalue weighted by atomic mass is 10.1. The fraction of sp³-hybridized carbons (Fsp3) is 0.0952. The molecule has 0 aromatic heterocycles. The molecule has 0 fully saturated rings. The molecule has 3 N–H and O–H groups in total.